The smallest absolute Gasteiger partial charge is 0.326 e. The Kier molecular flexibility index (Phi) is 20.1. The molecule has 2 amide bonds. The molecule has 0 aliphatic rings. The number of aliphatic carboxylic acids is 4. The first-order valence-corrected chi connectivity index (χ1v) is 9.90. The summed E-state index contributed by atoms with van der Waals surface area (Å²) in [5.41, 5.74) is 0. The molecule has 0 aromatic carbocycles. The summed E-state index contributed by atoms with van der Waals surface area (Å²) >= 11 is 0. The van der Waals surface area contributed by atoms with Gasteiger partial charge in [0.2, 0.25) is 11.8 Å². The molecule has 35 heavy (non-hydrogen) atoms. The molecule has 0 saturated heterocycles. The average molecular weight is 505 g/mol. The third kappa shape index (κ3) is 16.5. The van der Waals surface area contributed by atoms with Gasteiger partial charge < -0.3 is 41.7 Å². The predicted octanol–water partition coefficient (Wildman–Crippen LogP) is -0.975. The summed E-state index contributed by atoms with van der Waals surface area (Å²) in [4.78, 5) is 65.4. The quantitative estimate of drug-likeness (QED) is 0.119. The minimum Gasteiger partial charge on any atom is -0.481 e. The Morgan fingerprint density at radius 2 is 0.943 bits per heavy atom. The summed E-state index contributed by atoms with van der Waals surface area (Å²) in [7, 11) is 3.08. The number of nitrogens with one attached hydrogen (secondary N) is 4. The van der Waals surface area contributed by atoms with Crippen LogP contribution in [-0.4, -0.2) is 94.4 Å². The summed E-state index contributed by atoms with van der Waals surface area (Å²) in [5.74, 6) is -6.48. The average Bonchev–Trinajstić information content (AvgIpc) is 2.74. The fourth-order valence-corrected chi connectivity index (χ4v) is 2.34. The van der Waals surface area contributed by atoms with Gasteiger partial charge in [0.25, 0.3) is 0 Å². The van der Waals surface area contributed by atoms with Gasteiger partial charge in [-0.3, -0.25) is 19.2 Å². The molecule has 0 aliphatic carbocycles. The van der Waals surface area contributed by atoms with Gasteiger partial charge in [-0.15, -0.1) is 13.2 Å². The van der Waals surface area contributed by atoms with Crippen molar-refractivity contribution in [1.82, 2.24) is 21.3 Å². The molecule has 0 aromatic rings. The normalized spacial score (nSPS) is 13.1. The summed E-state index contributed by atoms with van der Waals surface area (Å²) in [6.45, 7) is 6.93. The van der Waals surface area contributed by atoms with E-state index in [2.05, 4.69) is 34.4 Å². The fraction of sp³-hybridized carbons (Fsp3) is 0.524. The Morgan fingerprint density at radius 1 is 0.657 bits per heavy atom. The van der Waals surface area contributed by atoms with Crippen LogP contribution in [0, 0.1) is 0 Å². The van der Waals surface area contributed by atoms with E-state index < -0.39 is 72.7 Å². The molecule has 0 saturated carbocycles. The van der Waals surface area contributed by atoms with Crippen molar-refractivity contribution < 1.29 is 49.2 Å². The van der Waals surface area contributed by atoms with Gasteiger partial charge in [-0.25, -0.2) is 9.59 Å². The van der Waals surface area contributed by atoms with E-state index >= 15 is 0 Å². The van der Waals surface area contributed by atoms with E-state index in [1.807, 2.05) is 0 Å². The molecule has 4 unspecified atom stereocenters. The highest BCUT2D eigenvalue weighted by molar-refractivity contribution is 5.90. The minimum atomic E-state index is -1.43. The third-order valence-corrected chi connectivity index (χ3v) is 4.12. The van der Waals surface area contributed by atoms with Gasteiger partial charge in [-0.05, 0) is 26.9 Å². The lowest BCUT2D eigenvalue weighted by Crippen LogP contribution is -2.49. The highest BCUT2D eigenvalue weighted by Gasteiger charge is 2.26. The molecule has 0 aromatic heterocycles. The molecule has 8 N–H and O–H groups in total. The zero-order valence-corrected chi connectivity index (χ0v) is 18.9. The predicted molar refractivity (Wildman–Crippen MR) is 126 cm³/mol. The Bertz CT molecular complexity index is 694. The van der Waals surface area contributed by atoms with E-state index in [-0.39, 0.29) is 7.43 Å². The molecule has 0 fully saturated rings. The second-order valence-electron chi connectivity index (χ2n) is 6.73. The van der Waals surface area contributed by atoms with Crippen LogP contribution in [0.1, 0.15) is 33.1 Å². The van der Waals surface area contributed by atoms with Crippen molar-refractivity contribution in [3.8, 4) is 0 Å². The molecule has 14 nitrogen and oxygen atoms in total. The van der Waals surface area contributed by atoms with Crippen LogP contribution in [0.5, 0.6) is 0 Å². The number of carboxylic acids is 4. The summed E-state index contributed by atoms with van der Waals surface area (Å²) < 4.78 is 0. The lowest BCUT2D eigenvalue weighted by atomic mass is 10.1. The topological polar surface area (TPSA) is 231 Å². The fourth-order valence-electron chi connectivity index (χ4n) is 2.34. The molecule has 4 atom stereocenters. The van der Waals surface area contributed by atoms with Crippen molar-refractivity contribution >= 4 is 35.7 Å². The Balaban J connectivity index is -0.000000569. The van der Waals surface area contributed by atoms with E-state index in [0.29, 0.717) is 12.8 Å². The molecule has 0 spiro atoms. The van der Waals surface area contributed by atoms with E-state index in [1.54, 1.807) is 14.1 Å². The first kappa shape index (κ1) is 35.8. The first-order valence-electron chi connectivity index (χ1n) is 9.90. The van der Waals surface area contributed by atoms with Crippen molar-refractivity contribution in [2.45, 2.75) is 57.3 Å². The molecule has 14 heteroatoms. The third-order valence-electron chi connectivity index (χ3n) is 4.12. The van der Waals surface area contributed by atoms with E-state index in [0.717, 1.165) is 0 Å². The minimum absolute atomic E-state index is 0. The number of hydrogen-bond donors (Lipinski definition) is 8. The molecular formula is C21H36N4O10. The van der Waals surface area contributed by atoms with Gasteiger partial charge in [-0.1, -0.05) is 19.6 Å². The molecular weight excluding hydrogens is 468 g/mol. The molecule has 0 aliphatic heterocycles. The van der Waals surface area contributed by atoms with Crippen LogP contribution in [0.3, 0.4) is 0 Å². The number of carboxylic acid groups (broad SMARTS) is 4. The van der Waals surface area contributed by atoms with Crippen LogP contribution in [0.25, 0.3) is 0 Å². The van der Waals surface area contributed by atoms with Crippen LogP contribution in [0.15, 0.2) is 25.3 Å². The van der Waals surface area contributed by atoms with Crippen molar-refractivity contribution in [1.29, 1.82) is 0 Å². The van der Waals surface area contributed by atoms with Crippen molar-refractivity contribution in [3.63, 3.8) is 0 Å². The Hall–Kier alpha value is -3.78. The molecule has 0 radical (unpaired) electrons. The number of carbonyl (C=O) groups is 6. The van der Waals surface area contributed by atoms with Gasteiger partial charge in [0, 0.05) is 0 Å². The van der Waals surface area contributed by atoms with Gasteiger partial charge >= 0.3 is 23.9 Å². The monoisotopic (exact) mass is 504 g/mol. The lowest BCUT2D eigenvalue weighted by molar-refractivity contribution is -0.147. The van der Waals surface area contributed by atoms with Crippen molar-refractivity contribution in [2.24, 2.45) is 0 Å². The number of carbonyl (C=O) groups excluding carboxylic acids is 2. The van der Waals surface area contributed by atoms with Crippen LogP contribution in [0.2, 0.25) is 0 Å². The van der Waals surface area contributed by atoms with Crippen LogP contribution in [-0.2, 0) is 28.8 Å². The molecule has 0 heterocycles. The number of likely N-dealkylation sites (N-methyl/N-ethyl adjacent to an activating group) is 2. The number of rotatable bonds is 16. The lowest BCUT2D eigenvalue weighted by Gasteiger charge is -2.17. The zero-order valence-electron chi connectivity index (χ0n) is 18.9. The van der Waals surface area contributed by atoms with E-state index in [1.165, 1.54) is 12.2 Å². The van der Waals surface area contributed by atoms with Crippen LogP contribution >= 0.6 is 0 Å². The zero-order chi connectivity index (χ0) is 26.8. The summed E-state index contributed by atoms with van der Waals surface area (Å²) in [6.07, 6.45) is 2.34. The van der Waals surface area contributed by atoms with Gasteiger partial charge in [0.1, 0.15) is 12.1 Å². The Morgan fingerprint density at radius 3 is 1.11 bits per heavy atom. The Labute approximate surface area is 203 Å². The van der Waals surface area contributed by atoms with Crippen LogP contribution in [0.4, 0.5) is 0 Å². The largest absolute Gasteiger partial charge is 0.481 e. The van der Waals surface area contributed by atoms with Gasteiger partial charge in [-0.2, -0.15) is 0 Å². The number of hydrogen-bond acceptors (Lipinski definition) is 8. The maximum atomic E-state index is 11.6. The van der Waals surface area contributed by atoms with Gasteiger partial charge in [0.05, 0.1) is 24.9 Å². The molecule has 200 valence electrons. The molecule has 0 bridgehead atoms. The molecule has 0 rings (SSSR count). The highest BCUT2D eigenvalue weighted by Crippen LogP contribution is 1.99. The number of amides is 2. The summed E-state index contributed by atoms with van der Waals surface area (Å²) in [5, 5.41) is 44.1. The second-order valence-corrected chi connectivity index (χ2v) is 6.73. The SMILES string of the molecule is C.C=CCC(NC)C(=O)NC(CC(=O)O)C(=O)O.C=CCC(NC)C(=O)NC(CC(=O)O)C(=O)O. The standard InChI is InChI=1S/2C10H16N2O5.CH4/c2*1-3-4-6(11-2)9(15)12-7(10(16)17)5-8(13)14;/h2*3,6-7,11H,1,4-5H2,2H3,(H,12,15)(H,13,14)(H,16,17);1H4. The maximum Gasteiger partial charge on any atom is 0.326 e. The van der Waals surface area contributed by atoms with Gasteiger partial charge in [0.15, 0.2) is 0 Å². The van der Waals surface area contributed by atoms with Crippen molar-refractivity contribution in [3.05, 3.63) is 25.3 Å². The van der Waals surface area contributed by atoms with Crippen LogP contribution < -0.4 is 21.3 Å². The highest BCUT2D eigenvalue weighted by atomic mass is 16.4. The summed E-state index contributed by atoms with van der Waals surface area (Å²) in [6, 6.07) is -4.10. The van der Waals surface area contributed by atoms with Crippen molar-refractivity contribution in [2.75, 3.05) is 14.1 Å². The first-order chi connectivity index (χ1) is 15.8. The van der Waals surface area contributed by atoms with E-state index in [9.17, 15) is 28.8 Å². The van der Waals surface area contributed by atoms with E-state index in [4.69, 9.17) is 20.4 Å². The second kappa shape index (κ2) is 19.7. The maximum absolute atomic E-state index is 11.6.